The molecule has 1 amide bonds. The van der Waals surface area contributed by atoms with Crippen molar-refractivity contribution in [2.45, 2.75) is 6.92 Å². The molecule has 0 saturated heterocycles. The normalized spacial score (nSPS) is 10.2. The van der Waals surface area contributed by atoms with Gasteiger partial charge < -0.3 is 10.6 Å². The van der Waals surface area contributed by atoms with Crippen molar-refractivity contribution in [3.63, 3.8) is 0 Å². The van der Waals surface area contributed by atoms with Gasteiger partial charge in [0, 0.05) is 15.8 Å². The average Bonchev–Trinajstić information content (AvgIpc) is 2.55. The highest BCUT2D eigenvalue weighted by molar-refractivity contribution is 9.10. The topological polar surface area (TPSA) is 66.9 Å². The summed E-state index contributed by atoms with van der Waals surface area (Å²) in [5.74, 6) is 0.280. The molecule has 5 nitrogen and oxygen atoms in total. The average molecular weight is 383 g/mol. The van der Waals surface area contributed by atoms with Crippen LogP contribution in [0.4, 0.5) is 17.2 Å². The Morgan fingerprint density at radius 1 is 1.00 bits per heavy atom. The number of amides is 1. The van der Waals surface area contributed by atoms with E-state index in [1.54, 1.807) is 0 Å². The summed E-state index contributed by atoms with van der Waals surface area (Å²) in [5, 5.41) is 5.94. The third-order valence-electron chi connectivity index (χ3n) is 3.26. The third kappa shape index (κ3) is 4.17. The molecule has 120 valence electrons. The van der Waals surface area contributed by atoms with E-state index < -0.39 is 0 Å². The van der Waals surface area contributed by atoms with Crippen LogP contribution in [-0.2, 0) is 0 Å². The Morgan fingerprint density at radius 3 is 2.50 bits per heavy atom. The first-order valence-corrected chi connectivity index (χ1v) is 8.12. The molecule has 0 atom stereocenters. The highest BCUT2D eigenvalue weighted by atomic mass is 79.9. The maximum absolute atomic E-state index is 12.2. The lowest BCUT2D eigenvalue weighted by atomic mass is 10.2. The van der Waals surface area contributed by atoms with Gasteiger partial charge in [0.2, 0.25) is 0 Å². The van der Waals surface area contributed by atoms with Crippen molar-refractivity contribution in [1.82, 2.24) is 9.97 Å². The second-order valence-corrected chi connectivity index (χ2v) is 6.16. The van der Waals surface area contributed by atoms with Gasteiger partial charge in [0.05, 0.1) is 12.4 Å². The van der Waals surface area contributed by atoms with Crippen molar-refractivity contribution in [1.29, 1.82) is 0 Å². The van der Waals surface area contributed by atoms with Gasteiger partial charge in [-0.3, -0.25) is 4.79 Å². The van der Waals surface area contributed by atoms with E-state index in [-0.39, 0.29) is 11.6 Å². The van der Waals surface area contributed by atoms with E-state index in [0.29, 0.717) is 5.82 Å². The van der Waals surface area contributed by atoms with Crippen LogP contribution < -0.4 is 10.6 Å². The lowest BCUT2D eigenvalue weighted by Crippen LogP contribution is -2.14. The molecular formula is C18H15BrN4O. The lowest BCUT2D eigenvalue weighted by Gasteiger charge is -2.07. The predicted molar refractivity (Wildman–Crippen MR) is 98.6 cm³/mol. The van der Waals surface area contributed by atoms with Crippen LogP contribution in [0.5, 0.6) is 0 Å². The first kappa shape index (κ1) is 16.1. The largest absolute Gasteiger partial charge is 0.339 e. The summed E-state index contributed by atoms with van der Waals surface area (Å²) in [4.78, 5) is 20.6. The quantitative estimate of drug-likeness (QED) is 0.694. The van der Waals surface area contributed by atoms with Gasteiger partial charge in [0.1, 0.15) is 11.5 Å². The molecule has 0 unspecified atom stereocenters. The summed E-state index contributed by atoms with van der Waals surface area (Å²) in [6, 6.07) is 15.3. The van der Waals surface area contributed by atoms with E-state index in [9.17, 15) is 4.79 Å². The molecule has 3 rings (SSSR count). The molecule has 0 spiro atoms. The number of hydrogen-bond acceptors (Lipinski definition) is 4. The number of carbonyl (C=O) groups is 1. The van der Waals surface area contributed by atoms with Crippen molar-refractivity contribution in [3.8, 4) is 0 Å². The minimum absolute atomic E-state index is 0.260. The number of rotatable bonds is 4. The highest BCUT2D eigenvalue weighted by Gasteiger charge is 2.08. The van der Waals surface area contributed by atoms with Crippen LogP contribution >= 0.6 is 15.9 Å². The van der Waals surface area contributed by atoms with Crippen LogP contribution in [0.1, 0.15) is 16.1 Å². The SMILES string of the molecule is Cc1cccc(NC(=O)c2cnc(Nc3cccc(Br)c3)cn2)c1. The summed E-state index contributed by atoms with van der Waals surface area (Å²) in [6.07, 6.45) is 2.98. The van der Waals surface area contributed by atoms with Crippen LogP contribution in [0.25, 0.3) is 0 Å². The summed E-state index contributed by atoms with van der Waals surface area (Å²) < 4.78 is 0.967. The number of aromatic nitrogens is 2. The van der Waals surface area contributed by atoms with Gasteiger partial charge in [-0.2, -0.15) is 0 Å². The number of halogens is 1. The van der Waals surface area contributed by atoms with Gasteiger partial charge in [0.25, 0.3) is 5.91 Å². The van der Waals surface area contributed by atoms with Crippen LogP contribution in [0.15, 0.2) is 65.4 Å². The maximum atomic E-state index is 12.2. The summed E-state index contributed by atoms with van der Waals surface area (Å²) >= 11 is 3.41. The van der Waals surface area contributed by atoms with Crippen LogP contribution in [-0.4, -0.2) is 15.9 Å². The molecule has 0 fully saturated rings. The first-order chi connectivity index (χ1) is 11.6. The Bertz CT molecular complexity index is 865. The Kier molecular flexibility index (Phi) is 4.86. The second kappa shape index (κ2) is 7.23. The number of nitrogens with zero attached hydrogens (tertiary/aromatic N) is 2. The molecule has 24 heavy (non-hydrogen) atoms. The first-order valence-electron chi connectivity index (χ1n) is 7.33. The smallest absolute Gasteiger partial charge is 0.275 e. The molecule has 0 aliphatic rings. The van der Waals surface area contributed by atoms with Gasteiger partial charge in [-0.15, -0.1) is 0 Å². The van der Waals surface area contributed by atoms with Gasteiger partial charge in [-0.1, -0.05) is 34.1 Å². The molecule has 2 N–H and O–H groups in total. The van der Waals surface area contributed by atoms with Crippen molar-refractivity contribution in [2.75, 3.05) is 10.6 Å². The maximum Gasteiger partial charge on any atom is 0.275 e. The lowest BCUT2D eigenvalue weighted by molar-refractivity contribution is 0.102. The fourth-order valence-corrected chi connectivity index (χ4v) is 2.54. The third-order valence-corrected chi connectivity index (χ3v) is 3.75. The number of nitrogens with one attached hydrogen (secondary N) is 2. The van der Waals surface area contributed by atoms with Gasteiger partial charge >= 0.3 is 0 Å². The fraction of sp³-hybridized carbons (Fsp3) is 0.0556. The Labute approximate surface area is 148 Å². The Morgan fingerprint density at radius 2 is 1.79 bits per heavy atom. The summed E-state index contributed by atoms with van der Waals surface area (Å²) in [6.45, 7) is 1.97. The molecule has 1 heterocycles. The van der Waals surface area contributed by atoms with E-state index in [1.165, 1.54) is 12.4 Å². The van der Waals surface area contributed by atoms with Crippen LogP contribution in [0, 0.1) is 6.92 Å². The molecule has 1 aromatic heterocycles. The molecule has 0 aliphatic carbocycles. The summed E-state index contributed by atoms with van der Waals surface area (Å²) in [7, 11) is 0. The minimum Gasteiger partial charge on any atom is -0.339 e. The Balaban J connectivity index is 1.68. The molecule has 0 bridgehead atoms. The zero-order chi connectivity index (χ0) is 16.9. The van der Waals surface area contributed by atoms with Crippen LogP contribution in [0.3, 0.4) is 0 Å². The molecule has 2 aromatic carbocycles. The highest BCUT2D eigenvalue weighted by Crippen LogP contribution is 2.19. The fourth-order valence-electron chi connectivity index (χ4n) is 2.14. The van der Waals surface area contributed by atoms with Gasteiger partial charge in [0.15, 0.2) is 0 Å². The van der Waals surface area contributed by atoms with E-state index >= 15 is 0 Å². The van der Waals surface area contributed by atoms with E-state index in [4.69, 9.17) is 0 Å². The second-order valence-electron chi connectivity index (χ2n) is 5.25. The monoisotopic (exact) mass is 382 g/mol. The van der Waals surface area contributed by atoms with E-state index in [1.807, 2.05) is 55.5 Å². The van der Waals surface area contributed by atoms with E-state index in [0.717, 1.165) is 21.4 Å². The zero-order valence-corrected chi connectivity index (χ0v) is 14.5. The van der Waals surface area contributed by atoms with Crippen molar-refractivity contribution in [2.24, 2.45) is 0 Å². The predicted octanol–water partition coefficient (Wildman–Crippen LogP) is 4.54. The van der Waals surface area contributed by atoms with Gasteiger partial charge in [-0.05, 0) is 42.8 Å². The number of anilines is 3. The molecule has 0 radical (unpaired) electrons. The van der Waals surface area contributed by atoms with Gasteiger partial charge in [-0.25, -0.2) is 9.97 Å². The minimum atomic E-state index is -0.290. The van der Waals surface area contributed by atoms with Crippen LogP contribution in [0.2, 0.25) is 0 Å². The number of hydrogen-bond donors (Lipinski definition) is 2. The Hall–Kier alpha value is -2.73. The number of benzene rings is 2. The number of carbonyl (C=O) groups excluding carboxylic acids is 1. The summed E-state index contributed by atoms with van der Waals surface area (Å²) in [5.41, 5.74) is 2.96. The van der Waals surface area contributed by atoms with Crippen molar-refractivity contribution >= 4 is 39.0 Å². The van der Waals surface area contributed by atoms with Crippen molar-refractivity contribution in [3.05, 3.63) is 76.7 Å². The molecule has 0 aliphatic heterocycles. The zero-order valence-electron chi connectivity index (χ0n) is 13.0. The molecule has 6 heteroatoms. The standard InChI is InChI=1S/C18H15BrN4O/c1-12-4-2-6-14(8-12)23-18(24)16-10-21-17(11-20-16)22-15-7-3-5-13(19)9-15/h2-11H,1H3,(H,21,22)(H,23,24). The van der Waals surface area contributed by atoms with Crippen molar-refractivity contribution < 1.29 is 4.79 Å². The van der Waals surface area contributed by atoms with E-state index in [2.05, 4.69) is 36.5 Å². The number of aryl methyl sites for hydroxylation is 1. The molecular weight excluding hydrogens is 368 g/mol. The molecule has 3 aromatic rings. The molecule has 0 saturated carbocycles.